The molecular weight excluding hydrogens is 187 g/mol. The minimum Gasteiger partial charge on any atom is -0.133 e. The van der Waals surface area contributed by atoms with Crippen LogP contribution in [0.2, 0.25) is 0 Å². The fourth-order valence-electron chi connectivity index (χ4n) is 0.589. The monoisotopic (exact) mass is 199 g/mol. The van der Waals surface area contributed by atoms with Gasteiger partial charge in [-0.25, -0.2) is 0 Å². The molecule has 0 saturated carbocycles. The van der Waals surface area contributed by atoms with E-state index >= 15 is 0 Å². The maximum atomic E-state index is 9.29. The van der Waals surface area contributed by atoms with Crippen LogP contribution in [0.3, 0.4) is 0 Å². The SMILES string of the molecule is C=Cc1ccccc1.CO[P+](=O)O. The first-order valence-corrected chi connectivity index (χ1v) is 4.71. The van der Waals surface area contributed by atoms with E-state index in [1.807, 2.05) is 36.4 Å². The molecule has 3 nitrogen and oxygen atoms in total. The van der Waals surface area contributed by atoms with Gasteiger partial charge < -0.3 is 0 Å². The van der Waals surface area contributed by atoms with Crippen LogP contribution in [0.4, 0.5) is 0 Å². The van der Waals surface area contributed by atoms with Crippen molar-refractivity contribution in [1.82, 2.24) is 0 Å². The number of hydrogen-bond donors (Lipinski definition) is 1. The van der Waals surface area contributed by atoms with E-state index < -0.39 is 8.25 Å². The molecule has 0 aromatic heterocycles. The maximum absolute atomic E-state index is 9.29. The van der Waals surface area contributed by atoms with Gasteiger partial charge in [-0.1, -0.05) is 43.0 Å². The Morgan fingerprint density at radius 3 is 2.15 bits per heavy atom. The zero-order valence-electron chi connectivity index (χ0n) is 7.38. The van der Waals surface area contributed by atoms with E-state index in [4.69, 9.17) is 4.89 Å². The molecule has 0 spiro atoms. The van der Waals surface area contributed by atoms with E-state index in [9.17, 15) is 4.57 Å². The molecule has 0 bridgehead atoms. The molecule has 0 amide bonds. The van der Waals surface area contributed by atoms with Crippen LogP contribution < -0.4 is 0 Å². The van der Waals surface area contributed by atoms with Crippen LogP contribution in [-0.4, -0.2) is 12.0 Å². The second-order valence-electron chi connectivity index (χ2n) is 2.04. The fraction of sp³-hybridized carbons (Fsp3) is 0.111. The van der Waals surface area contributed by atoms with E-state index in [1.165, 1.54) is 12.7 Å². The normalized spacial score (nSPS) is 9.54. The molecule has 0 aliphatic rings. The smallest absolute Gasteiger partial charge is 0.133 e. The summed E-state index contributed by atoms with van der Waals surface area (Å²) in [5.41, 5.74) is 1.17. The summed E-state index contributed by atoms with van der Waals surface area (Å²) in [5, 5.41) is 0. The number of hydrogen-bond acceptors (Lipinski definition) is 2. The van der Waals surface area contributed by atoms with Gasteiger partial charge >= 0.3 is 8.25 Å². The highest BCUT2D eigenvalue weighted by Crippen LogP contribution is 2.09. The van der Waals surface area contributed by atoms with E-state index in [2.05, 4.69) is 11.1 Å². The first kappa shape index (κ1) is 12.0. The quantitative estimate of drug-likeness (QED) is 0.744. The summed E-state index contributed by atoms with van der Waals surface area (Å²) >= 11 is 0. The average molecular weight is 199 g/mol. The van der Waals surface area contributed by atoms with Crippen molar-refractivity contribution in [3.63, 3.8) is 0 Å². The van der Waals surface area contributed by atoms with Gasteiger partial charge in [-0.15, -0.1) is 9.42 Å². The predicted molar refractivity (Wildman–Crippen MR) is 53.4 cm³/mol. The Morgan fingerprint density at radius 1 is 1.46 bits per heavy atom. The molecule has 4 heteroatoms. The Hall–Kier alpha value is -1.02. The third-order valence-electron chi connectivity index (χ3n) is 1.19. The van der Waals surface area contributed by atoms with E-state index in [0.29, 0.717) is 0 Å². The Morgan fingerprint density at radius 2 is 1.92 bits per heavy atom. The van der Waals surface area contributed by atoms with Crippen LogP contribution in [-0.2, 0) is 9.09 Å². The molecular formula is C9H12O3P+. The topological polar surface area (TPSA) is 46.5 Å². The molecule has 0 fully saturated rings. The van der Waals surface area contributed by atoms with Gasteiger partial charge in [-0.05, 0) is 5.56 Å². The van der Waals surface area contributed by atoms with Crippen LogP contribution in [0.15, 0.2) is 36.9 Å². The Kier molecular flexibility index (Phi) is 7.02. The first-order chi connectivity index (χ1) is 6.20. The summed E-state index contributed by atoms with van der Waals surface area (Å²) in [6.07, 6.45) is 1.83. The molecule has 1 aromatic rings. The molecule has 1 atom stereocenters. The zero-order valence-corrected chi connectivity index (χ0v) is 8.28. The molecule has 70 valence electrons. The molecule has 0 aliphatic heterocycles. The van der Waals surface area contributed by atoms with Gasteiger partial charge in [0.25, 0.3) is 0 Å². The summed E-state index contributed by atoms with van der Waals surface area (Å²) in [6, 6.07) is 10.0. The lowest BCUT2D eigenvalue weighted by Gasteiger charge is -1.85. The predicted octanol–water partition coefficient (Wildman–Crippen LogP) is 2.61. The van der Waals surface area contributed by atoms with Crippen molar-refractivity contribution in [2.75, 3.05) is 7.11 Å². The average Bonchev–Trinajstić information content (AvgIpc) is 2.20. The van der Waals surface area contributed by atoms with Crippen molar-refractivity contribution in [1.29, 1.82) is 0 Å². The second kappa shape index (κ2) is 7.62. The van der Waals surface area contributed by atoms with Crippen molar-refractivity contribution in [2.45, 2.75) is 0 Å². The van der Waals surface area contributed by atoms with Gasteiger partial charge in [0.2, 0.25) is 0 Å². The lowest BCUT2D eigenvalue weighted by atomic mass is 10.2. The maximum Gasteiger partial charge on any atom is 0.694 e. The summed E-state index contributed by atoms with van der Waals surface area (Å²) in [4.78, 5) is 7.65. The van der Waals surface area contributed by atoms with Crippen molar-refractivity contribution in [3.8, 4) is 0 Å². The molecule has 1 N–H and O–H groups in total. The Balaban J connectivity index is 0.000000252. The van der Waals surface area contributed by atoms with Gasteiger partial charge in [0.1, 0.15) is 0 Å². The second-order valence-corrected chi connectivity index (χ2v) is 2.88. The molecule has 0 aliphatic carbocycles. The summed E-state index contributed by atoms with van der Waals surface area (Å²) < 4.78 is 13.1. The zero-order chi connectivity index (χ0) is 10.1. The molecule has 1 rings (SSSR count). The third-order valence-corrected chi connectivity index (χ3v) is 1.50. The first-order valence-electron chi connectivity index (χ1n) is 3.58. The van der Waals surface area contributed by atoms with Gasteiger partial charge in [0.05, 0.1) is 7.11 Å². The molecule has 13 heavy (non-hydrogen) atoms. The van der Waals surface area contributed by atoms with E-state index in [0.717, 1.165) is 0 Å². The van der Waals surface area contributed by atoms with E-state index in [-0.39, 0.29) is 0 Å². The molecule has 1 aromatic carbocycles. The fourth-order valence-corrected chi connectivity index (χ4v) is 0.589. The Labute approximate surface area is 78.6 Å². The molecule has 0 saturated heterocycles. The summed E-state index contributed by atoms with van der Waals surface area (Å²) in [7, 11) is -1.18. The lowest BCUT2D eigenvalue weighted by Crippen LogP contribution is -1.63. The summed E-state index contributed by atoms with van der Waals surface area (Å²) in [6.45, 7) is 3.63. The van der Waals surface area contributed by atoms with Crippen molar-refractivity contribution < 1.29 is 14.0 Å². The minimum atomic E-state index is -2.35. The van der Waals surface area contributed by atoms with E-state index in [1.54, 1.807) is 0 Å². The molecule has 0 radical (unpaired) electrons. The van der Waals surface area contributed by atoms with Crippen LogP contribution in [0.1, 0.15) is 5.56 Å². The lowest BCUT2D eigenvalue weighted by molar-refractivity contribution is 0.343. The van der Waals surface area contributed by atoms with Crippen LogP contribution in [0, 0.1) is 0 Å². The largest absolute Gasteiger partial charge is 0.694 e. The van der Waals surface area contributed by atoms with Crippen molar-refractivity contribution >= 4 is 14.3 Å². The standard InChI is InChI=1S/C8H8.CH3O3P/c1-2-8-6-4-3-5-7-8;1-4-5(2)3/h2-7H,1H2;1H3/p+1. The minimum absolute atomic E-state index is 1.17. The van der Waals surface area contributed by atoms with Crippen molar-refractivity contribution in [2.24, 2.45) is 0 Å². The Bertz CT molecular complexity index is 259. The van der Waals surface area contributed by atoms with Crippen LogP contribution in [0.25, 0.3) is 6.08 Å². The summed E-state index contributed by atoms with van der Waals surface area (Å²) in [5.74, 6) is 0. The van der Waals surface area contributed by atoms with Crippen LogP contribution in [0.5, 0.6) is 0 Å². The van der Waals surface area contributed by atoms with Gasteiger partial charge in [-0.3, -0.25) is 0 Å². The molecule has 0 heterocycles. The highest BCUT2D eigenvalue weighted by Gasteiger charge is 2.02. The highest BCUT2D eigenvalue weighted by atomic mass is 31.1. The molecule has 1 unspecified atom stereocenters. The van der Waals surface area contributed by atoms with Crippen LogP contribution >= 0.6 is 8.25 Å². The third kappa shape index (κ3) is 7.34. The highest BCUT2D eigenvalue weighted by molar-refractivity contribution is 7.32. The number of benzene rings is 1. The van der Waals surface area contributed by atoms with Gasteiger partial charge in [0.15, 0.2) is 0 Å². The van der Waals surface area contributed by atoms with Crippen molar-refractivity contribution in [3.05, 3.63) is 42.5 Å². The number of rotatable bonds is 2. The van der Waals surface area contributed by atoms with Gasteiger partial charge in [-0.2, -0.15) is 0 Å². The van der Waals surface area contributed by atoms with Gasteiger partial charge in [0, 0.05) is 4.57 Å².